The molecule has 3 aliphatic rings. The normalized spacial score (nSPS) is 17.8. The topological polar surface area (TPSA) is 248 Å². The number of nitrogens with one attached hydrogen (secondary N) is 4. The molecule has 27 heteroatoms. The molecule has 1 aromatic heterocycles. The molecule has 2 saturated heterocycles. The molecule has 5 amide bonds. The maximum absolute atomic E-state index is 14.6. The van der Waals surface area contributed by atoms with E-state index in [0.29, 0.717) is 43.4 Å². The van der Waals surface area contributed by atoms with Gasteiger partial charge in [0.05, 0.1) is 38.8 Å². The molecule has 101 heavy (non-hydrogen) atoms. The number of anilines is 2. The molecule has 0 saturated carbocycles. The molecule has 0 spiro atoms. The number of rotatable bonds is 28. The van der Waals surface area contributed by atoms with Crippen LogP contribution in [0.1, 0.15) is 139 Å². The van der Waals surface area contributed by atoms with Crippen LogP contribution >= 0.6 is 34.7 Å². The zero-order chi connectivity index (χ0) is 73.2. The van der Waals surface area contributed by atoms with Crippen molar-refractivity contribution in [1.82, 2.24) is 35.0 Å². The number of thioether (sulfide) groups is 1. The summed E-state index contributed by atoms with van der Waals surface area (Å²) in [5.41, 5.74) is 2.26. The predicted molar refractivity (Wildman–Crippen MR) is 392 cm³/mol. The predicted octanol–water partition coefficient (Wildman–Crippen LogP) is 12.7. The van der Waals surface area contributed by atoms with Crippen LogP contribution in [0.2, 0.25) is 5.02 Å². The number of hydrogen-bond donors (Lipinski definition) is 5. The number of unbranched alkanes of at least 4 members (excludes halogenated alkanes) is 2. The molecule has 3 heterocycles. The lowest BCUT2D eigenvalue weighted by atomic mass is 9.73. The number of likely N-dealkylation sites (tertiary alicyclic amines) is 1. The largest absolute Gasteiger partial charge is 0.501 e. The first-order chi connectivity index (χ1) is 47.7. The molecule has 2 aliphatic heterocycles. The number of sulfonamides is 1. The average Bonchev–Trinajstić information content (AvgIpc) is 1.19. The lowest BCUT2D eigenvalue weighted by molar-refractivity contribution is -0.144. The highest BCUT2D eigenvalue weighted by Crippen LogP contribution is 2.44. The first-order valence-electron chi connectivity index (χ1n) is 34.0. The van der Waals surface area contributed by atoms with Crippen molar-refractivity contribution < 1.29 is 59.1 Å². The number of aryl methyl sites for hydroxylation is 1. The fourth-order valence-electron chi connectivity index (χ4n) is 13.0. The fourth-order valence-corrected chi connectivity index (χ4v) is 16.9. The summed E-state index contributed by atoms with van der Waals surface area (Å²) in [5, 5.41) is 20.3. The molecule has 1 aliphatic carbocycles. The van der Waals surface area contributed by atoms with Crippen molar-refractivity contribution in [1.29, 1.82) is 0 Å². The van der Waals surface area contributed by atoms with Gasteiger partial charge in [-0.25, -0.2) is 26.5 Å². The number of halogens is 4. The van der Waals surface area contributed by atoms with E-state index in [1.165, 1.54) is 61.7 Å². The first-order valence-corrected chi connectivity index (χ1v) is 39.2. The Labute approximate surface area is 604 Å². The molecular weight excluding hydrogens is 1400 g/mol. The Morgan fingerprint density at radius 2 is 1.50 bits per heavy atom. The minimum absolute atomic E-state index is 0.0238. The Balaban J connectivity index is 0.771. The summed E-state index contributed by atoms with van der Waals surface area (Å²) in [6.07, 6.45) is 3.53. The maximum Gasteiger partial charge on any atom is 0.501 e. The third-order valence-corrected chi connectivity index (χ3v) is 24.1. The van der Waals surface area contributed by atoms with Gasteiger partial charge in [0.15, 0.2) is 0 Å². The van der Waals surface area contributed by atoms with E-state index >= 15 is 0 Å². The van der Waals surface area contributed by atoms with E-state index in [4.69, 9.17) is 11.6 Å². The van der Waals surface area contributed by atoms with Crippen LogP contribution < -0.4 is 25.6 Å². The van der Waals surface area contributed by atoms with E-state index in [2.05, 4.69) is 56.7 Å². The smallest absolute Gasteiger partial charge is 0.391 e. The molecule has 5 aromatic carbocycles. The molecule has 0 bridgehead atoms. The van der Waals surface area contributed by atoms with Gasteiger partial charge in [0.1, 0.15) is 17.0 Å². The summed E-state index contributed by atoms with van der Waals surface area (Å²) in [4.78, 5) is 80.0. The van der Waals surface area contributed by atoms with Crippen LogP contribution in [0.25, 0.3) is 16.0 Å². The van der Waals surface area contributed by atoms with Gasteiger partial charge in [0.25, 0.3) is 25.8 Å². The van der Waals surface area contributed by atoms with E-state index in [0.717, 1.165) is 83.3 Å². The number of amides is 5. The summed E-state index contributed by atoms with van der Waals surface area (Å²) in [6, 6.07) is 30.1. The molecule has 9 rings (SSSR count). The van der Waals surface area contributed by atoms with Gasteiger partial charge in [-0.2, -0.15) is 13.2 Å². The van der Waals surface area contributed by atoms with Gasteiger partial charge in [-0.1, -0.05) is 113 Å². The lowest BCUT2D eigenvalue weighted by Gasteiger charge is -2.39. The molecule has 19 nitrogen and oxygen atoms in total. The highest BCUT2D eigenvalue weighted by molar-refractivity contribution is 7.99. The van der Waals surface area contributed by atoms with Crippen molar-refractivity contribution in [3.05, 3.63) is 160 Å². The van der Waals surface area contributed by atoms with Crippen LogP contribution in [0.4, 0.5) is 24.5 Å². The monoisotopic (exact) mass is 1490 g/mol. The molecule has 544 valence electrons. The highest BCUT2D eigenvalue weighted by Gasteiger charge is 2.49. The van der Waals surface area contributed by atoms with Crippen LogP contribution in [0.5, 0.6) is 0 Å². The number of allylic oxidation sites excluding steroid dienone is 1. The number of aliphatic hydroxyl groups is 1. The molecule has 5 atom stereocenters. The number of thiazole rings is 1. The maximum atomic E-state index is 14.6. The van der Waals surface area contributed by atoms with Gasteiger partial charge in [-0.3, -0.25) is 28.9 Å². The van der Waals surface area contributed by atoms with Crippen molar-refractivity contribution in [2.45, 2.75) is 163 Å². The Hall–Kier alpha value is -7.33. The number of nitrogens with zero attached hydrogens (tertiary/aromatic N) is 5. The molecular formula is C74H91ClF3N9O10S4. The Morgan fingerprint density at radius 3 is 2.15 bits per heavy atom. The number of hydrogen-bond acceptors (Lipinski definition) is 16. The third kappa shape index (κ3) is 20.5. The Kier molecular flexibility index (Phi) is 25.7. The van der Waals surface area contributed by atoms with Gasteiger partial charge in [0.2, 0.25) is 23.6 Å². The van der Waals surface area contributed by atoms with Crippen molar-refractivity contribution >= 4 is 101 Å². The van der Waals surface area contributed by atoms with Crippen LogP contribution in [-0.2, 0) is 39.0 Å². The van der Waals surface area contributed by atoms with Gasteiger partial charge in [-0.05, 0) is 152 Å². The highest BCUT2D eigenvalue weighted by atomic mass is 35.5. The summed E-state index contributed by atoms with van der Waals surface area (Å²) in [6.45, 7) is 17.5. The van der Waals surface area contributed by atoms with E-state index in [1.807, 2.05) is 67.1 Å². The molecule has 5 N–H and O–H groups in total. The van der Waals surface area contributed by atoms with Crippen LogP contribution in [0.15, 0.2) is 147 Å². The number of alkyl halides is 3. The van der Waals surface area contributed by atoms with Gasteiger partial charge in [-0.15, -0.1) is 23.1 Å². The van der Waals surface area contributed by atoms with Crippen molar-refractivity contribution in [3.63, 3.8) is 0 Å². The SMILES string of the molecule is Cc1ncsc1-c1ccc(C(C)NC(=O)C2CC(O)CN2C(=O)C(NC(=O)CCCCCC(=O)N(C)CCC(CSc2ccccc2)Nc2ccc(S(=O)(=O)NC(=O)c3ccc(N4CCN(CC5=C(c6ccc(Cl)cc6)CCC(C)(C)C5)CC4)cc3)cc2S(=O)(=O)C(F)(F)F)C(C)(C)C)cc1. The second-order valence-corrected chi connectivity index (χ2v) is 34.3. The Morgan fingerprint density at radius 1 is 0.842 bits per heavy atom. The number of aliphatic hydroxyl groups excluding tert-OH is 1. The number of carbonyl (C=O) groups is 5. The van der Waals surface area contributed by atoms with Crippen LogP contribution in [0, 0.1) is 17.8 Å². The molecule has 6 aromatic rings. The van der Waals surface area contributed by atoms with E-state index in [1.54, 1.807) is 63.7 Å². The van der Waals surface area contributed by atoms with Crippen LogP contribution in [0.3, 0.4) is 0 Å². The number of aromatic nitrogens is 1. The standard InChI is InChI=1S/C74H91ClF3N9O10S4/c1-48(50-19-21-52(22-20-50)67-49(2)79-47-99-67)80-70(92)63-41-58(88)45-87(63)71(93)68(72(3,4)5)82-65(89)17-13-10-14-18-66(90)84(8)36-34-56(46-98-59-15-11-9-12-16-59)81-62-32-31-60(42-64(62)100(94,95)74(76,77)78)101(96,97)83-69(91)53-25-29-57(30-26-53)86-39-37-85(38-40-86)44-54-43-73(6,7)35-33-61(54)51-23-27-55(75)28-24-51/h9,11-12,15-16,19-32,42,47-48,56,58,63,68,81,88H,10,13-14,17-18,33-41,43-46H2,1-8H3,(H,80,92)(H,82,89)(H,83,91). The van der Waals surface area contributed by atoms with E-state index in [-0.39, 0.29) is 61.4 Å². The first kappa shape index (κ1) is 77.8. The number of piperazine rings is 1. The van der Waals surface area contributed by atoms with Crippen molar-refractivity contribution in [2.75, 3.05) is 68.8 Å². The average molecular weight is 1490 g/mol. The van der Waals surface area contributed by atoms with Crippen molar-refractivity contribution in [2.24, 2.45) is 10.8 Å². The second-order valence-electron chi connectivity index (χ2n) is 28.3. The van der Waals surface area contributed by atoms with Gasteiger partial charge < -0.3 is 35.8 Å². The van der Waals surface area contributed by atoms with Gasteiger partial charge in [0, 0.05) is 105 Å². The summed E-state index contributed by atoms with van der Waals surface area (Å²) < 4.78 is 100. The molecule has 5 unspecified atom stereocenters. The quantitative estimate of drug-likeness (QED) is 0.0226. The number of benzene rings is 5. The number of sulfone groups is 1. The minimum atomic E-state index is -6.23. The third-order valence-electron chi connectivity index (χ3n) is 18.9. The number of β-amino-alcohol motifs (C(OH)–C–C–N with tert-alkyl or cyclic N) is 1. The summed E-state index contributed by atoms with van der Waals surface area (Å²) in [5.74, 6) is -2.55. The minimum Gasteiger partial charge on any atom is -0.391 e. The zero-order valence-electron chi connectivity index (χ0n) is 58.2. The summed E-state index contributed by atoms with van der Waals surface area (Å²) in [7, 11) is -9.65. The van der Waals surface area contributed by atoms with E-state index in [9.17, 15) is 59.1 Å². The summed E-state index contributed by atoms with van der Waals surface area (Å²) >= 11 is 9.08. The van der Waals surface area contributed by atoms with Crippen molar-refractivity contribution in [3.8, 4) is 10.4 Å². The Bertz CT molecular complexity index is 4170. The molecule has 2 fully saturated rings. The number of carbonyl (C=O) groups excluding carboxylic acids is 5. The fraction of sp³-hybridized carbons (Fsp3) is 0.459. The second kappa shape index (κ2) is 33.4. The van der Waals surface area contributed by atoms with E-state index < -0.39 is 100 Å². The van der Waals surface area contributed by atoms with Gasteiger partial charge >= 0.3 is 5.51 Å². The van der Waals surface area contributed by atoms with Crippen LogP contribution in [-0.4, -0.2) is 160 Å². The lowest BCUT2D eigenvalue weighted by Crippen LogP contribution is -2.57. The zero-order valence-corrected chi connectivity index (χ0v) is 62.3. The molecule has 0 radical (unpaired) electrons.